The van der Waals surface area contributed by atoms with Gasteiger partial charge in [-0.05, 0) is 25.3 Å². The second-order valence-electron chi connectivity index (χ2n) is 5.81. The maximum atomic E-state index is 12.9. The predicted octanol–water partition coefficient (Wildman–Crippen LogP) is 2.04. The molecule has 0 spiro atoms. The molecule has 2 rings (SSSR count). The molecule has 1 aliphatic heterocycles. The zero-order valence-corrected chi connectivity index (χ0v) is 14.6. The molecule has 2 atom stereocenters. The summed E-state index contributed by atoms with van der Waals surface area (Å²) in [6.07, 6.45) is -0.0631. The molecule has 0 bridgehead atoms. The lowest BCUT2D eigenvalue weighted by molar-refractivity contribution is -0.0170. The van der Waals surface area contributed by atoms with E-state index in [0.29, 0.717) is 30.6 Å². The number of nitrogens with zero attached hydrogens (tertiary/aromatic N) is 1. The van der Waals surface area contributed by atoms with Crippen molar-refractivity contribution in [2.45, 2.75) is 57.3 Å². The van der Waals surface area contributed by atoms with Gasteiger partial charge in [0.1, 0.15) is 0 Å². The van der Waals surface area contributed by atoms with Crippen molar-refractivity contribution < 1.29 is 13.2 Å². The van der Waals surface area contributed by atoms with Crippen molar-refractivity contribution in [2.24, 2.45) is 0 Å². The summed E-state index contributed by atoms with van der Waals surface area (Å²) < 4.78 is 32.9. The molecule has 21 heavy (non-hydrogen) atoms. The van der Waals surface area contributed by atoms with E-state index in [2.05, 4.69) is 5.32 Å². The highest BCUT2D eigenvalue weighted by atomic mass is 32.2. The third-order valence-corrected chi connectivity index (χ3v) is 6.63. The van der Waals surface area contributed by atoms with E-state index in [1.165, 1.54) is 11.3 Å². The van der Waals surface area contributed by atoms with Crippen LogP contribution in [0.2, 0.25) is 0 Å². The first-order valence-corrected chi connectivity index (χ1v) is 9.57. The Hall–Kier alpha value is -0.470. The fourth-order valence-electron chi connectivity index (χ4n) is 2.32. The topological polar surface area (TPSA) is 58.6 Å². The van der Waals surface area contributed by atoms with Crippen molar-refractivity contribution in [3.05, 3.63) is 16.3 Å². The zero-order valence-electron chi connectivity index (χ0n) is 13.0. The molecular weight excluding hydrogens is 308 g/mol. The van der Waals surface area contributed by atoms with Crippen molar-refractivity contribution in [3.63, 3.8) is 0 Å². The molecule has 5 nitrogen and oxygen atoms in total. The summed E-state index contributed by atoms with van der Waals surface area (Å²) in [5.41, 5.74) is 0. The largest absolute Gasteiger partial charge is 0.375 e. The summed E-state index contributed by atoms with van der Waals surface area (Å²) >= 11 is 1.48. The van der Waals surface area contributed by atoms with Crippen LogP contribution in [0.3, 0.4) is 0 Å². The average Bonchev–Trinajstić information content (AvgIpc) is 2.88. The lowest BCUT2D eigenvalue weighted by atomic mass is 10.2. The van der Waals surface area contributed by atoms with E-state index < -0.39 is 10.0 Å². The van der Waals surface area contributed by atoms with Crippen LogP contribution in [0.4, 0.5) is 0 Å². The van der Waals surface area contributed by atoms with Crippen LogP contribution in [0, 0.1) is 0 Å². The summed E-state index contributed by atoms with van der Waals surface area (Å²) in [4.78, 5) is 1.30. The van der Waals surface area contributed by atoms with Gasteiger partial charge >= 0.3 is 0 Å². The summed E-state index contributed by atoms with van der Waals surface area (Å²) in [6, 6.07) is 1.91. The number of thiophene rings is 1. The number of morpholine rings is 1. The third kappa shape index (κ3) is 3.84. The van der Waals surface area contributed by atoms with Crippen LogP contribution in [0.25, 0.3) is 0 Å². The van der Waals surface area contributed by atoms with E-state index >= 15 is 0 Å². The first-order valence-electron chi connectivity index (χ1n) is 7.25. The summed E-state index contributed by atoms with van der Waals surface area (Å²) in [7, 11) is -3.46. The van der Waals surface area contributed by atoms with Crippen molar-refractivity contribution in [1.82, 2.24) is 9.62 Å². The van der Waals surface area contributed by atoms with Crippen LogP contribution in [-0.4, -0.2) is 44.1 Å². The van der Waals surface area contributed by atoms with Gasteiger partial charge in [0.25, 0.3) is 0 Å². The van der Waals surface area contributed by atoms with Gasteiger partial charge < -0.3 is 10.1 Å². The molecule has 0 aliphatic carbocycles. The minimum atomic E-state index is -3.46. The van der Waals surface area contributed by atoms with Gasteiger partial charge in [0, 0.05) is 30.1 Å². The fourth-order valence-corrected chi connectivity index (χ4v) is 5.38. The van der Waals surface area contributed by atoms with E-state index in [1.807, 2.05) is 33.1 Å². The van der Waals surface area contributed by atoms with Gasteiger partial charge in [0.2, 0.25) is 10.0 Å². The molecule has 2 unspecified atom stereocenters. The predicted molar refractivity (Wildman–Crippen MR) is 85.1 cm³/mol. The van der Waals surface area contributed by atoms with Gasteiger partial charge in [-0.1, -0.05) is 13.8 Å². The van der Waals surface area contributed by atoms with Crippen LogP contribution in [0.5, 0.6) is 0 Å². The van der Waals surface area contributed by atoms with Crippen molar-refractivity contribution in [1.29, 1.82) is 0 Å². The maximum Gasteiger partial charge on any atom is 0.244 e. The monoisotopic (exact) mass is 332 g/mol. The lowest BCUT2D eigenvalue weighted by Crippen LogP contribution is -2.50. The second kappa shape index (κ2) is 6.75. The number of hydrogen-bond acceptors (Lipinski definition) is 5. The van der Waals surface area contributed by atoms with Gasteiger partial charge in [-0.15, -0.1) is 11.3 Å². The van der Waals surface area contributed by atoms with Gasteiger partial charge in [0.05, 0.1) is 17.6 Å². The number of sulfonamides is 1. The number of ether oxygens (including phenoxy) is 1. The van der Waals surface area contributed by atoms with Gasteiger partial charge in [-0.25, -0.2) is 8.42 Å². The smallest absolute Gasteiger partial charge is 0.244 e. The molecule has 0 aromatic carbocycles. The van der Waals surface area contributed by atoms with Gasteiger partial charge in [0.15, 0.2) is 0 Å². The van der Waals surface area contributed by atoms with Crippen molar-refractivity contribution in [3.8, 4) is 0 Å². The average molecular weight is 332 g/mol. The Balaban J connectivity index is 2.25. The Morgan fingerprint density at radius 1 is 1.48 bits per heavy atom. The van der Waals surface area contributed by atoms with Crippen LogP contribution < -0.4 is 5.32 Å². The Bertz CT molecular complexity index is 569. The summed E-state index contributed by atoms with van der Waals surface area (Å²) in [5, 5.41) is 5.13. The van der Waals surface area contributed by atoms with Gasteiger partial charge in [-0.2, -0.15) is 4.31 Å². The highest BCUT2D eigenvalue weighted by Gasteiger charge is 2.35. The minimum Gasteiger partial charge on any atom is -0.375 e. The lowest BCUT2D eigenvalue weighted by Gasteiger charge is -2.35. The molecule has 1 fully saturated rings. The molecular formula is C14H24N2O3S2. The quantitative estimate of drug-likeness (QED) is 0.896. The van der Waals surface area contributed by atoms with E-state index in [9.17, 15) is 8.42 Å². The van der Waals surface area contributed by atoms with Crippen LogP contribution in [0.15, 0.2) is 16.3 Å². The van der Waals surface area contributed by atoms with E-state index in [0.717, 1.165) is 4.88 Å². The summed E-state index contributed by atoms with van der Waals surface area (Å²) in [5.74, 6) is 0. The molecule has 120 valence electrons. The standard InChI is InChI=1S/C14H24N2O3S2/c1-10(2)15-7-13-14(5-6-20-13)21(17,18)16-8-12(4)19-9-11(16)3/h5-6,10-12,15H,7-9H2,1-4H3. The number of nitrogens with one attached hydrogen (secondary N) is 1. The Labute approximate surface area is 131 Å². The summed E-state index contributed by atoms with van der Waals surface area (Å²) in [6.45, 7) is 9.34. The third-order valence-electron chi connectivity index (χ3n) is 3.51. The first kappa shape index (κ1) is 16.9. The van der Waals surface area contributed by atoms with E-state index in [4.69, 9.17) is 4.74 Å². The maximum absolute atomic E-state index is 12.9. The highest BCUT2D eigenvalue weighted by Crippen LogP contribution is 2.28. The van der Waals surface area contributed by atoms with Crippen molar-refractivity contribution in [2.75, 3.05) is 13.2 Å². The molecule has 1 saturated heterocycles. The highest BCUT2D eigenvalue weighted by molar-refractivity contribution is 7.89. The van der Waals surface area contributed by atoms with Gasteiger partial charge in [-0.3, -0.25) is 0 Å². The fraction of sp³-hybridized carbons (Fsp3) is 0.714. The number of hydrogen-bond donors (Lipinski definition) is 1. The molecule has 0 saturated carbocycles. The first-order chi connectivity index (χ1) is 9.82. The molecule has 1 aromatic rings. The Morgan fingerprint density at radius 2 is 2.19 bits per heavy atom. The molecule has 0 radical (unpaired) electrons. The minimum absolute atomic E-state index is 0.0631. The molecule has 0 amide bonds. The molecule has 1 aliphatic rings. The van der Waals surface area contributed by atoms with E-state index in [-0.39, 0.29) is 12.1 Å². The molecule has 7 heteroatoms. The molecule has 1 aromatic heterocycles. The van der Waals surface area contributed by atoms with Crippen LogP contribution in [-0.2, 0) is 21.3 Å². The zero-order chi connectivity index (χ0) is 15.6. The molecule has 1 N–H and O–H groups in total. The van der Waals surface area contributed by atoms with Crippen LogP contribution in [0.1, 0.15) is 32.6 Å². The van der Waals surface area contributed by atoms with E-state index in [1.54, 1.807) is 10.4 Å². The SMILES string of the molecule is CC(C)NCc1sccc1S(=O)(=O)N1CC(C)OCC1C. The Kier molecular flexibility index (Phi) is 5.43. The van der Waals surface area contributed by atoms with Crippen molar-refractivity contribution >= 4 is 21.4 Å². The second-order valence-corrected chi connectivity index (χ2v) is 8.67. The normalized spacial score (nSPS) is 24.6. The van der Waals surface area contributed by atoms with Crippen LogP contribution >= 0.6 is 11.3 Å². The Morgan fingerprint density at radius 3 is 2.86 bits per heavy atom. The number of rotatable bonds is 5. The molecule has 2 heterocycles.